The number of benzene rings is 1. The Bertz CT molecular complexity index is 991. The van der Waals surface area contributed by atoms with Crippen LogP contribution in [0.3, 0.4) is 0 Å². The number of aromatic nitrogens is 4. The van der Waals surface area contributed by atoms with Crippen molar-refractivity contribution in [3.63, 3.8) is 0 Å². The third-order valence-corrected chi connectivity index (χ3v) is 6.48. The van der Waals surface area contributed by atoms with Crippen LogP contribution >= 0.6 is 31.9 Å². The van der Waals surface area contributed by atoms with Crippen molar-refractivity contribution in [1.82, 2.24) is 24.5 Å². The summed E-state index contributed by atoms with van der Waals surface area (Å²) < 4.78 is 5.77. The van der Waals surface area contributed by atoms with E-state index in [0.717, 1.165) is 38.1 Å². The molecule has 3 rings (SSSR count). The summed E-state index contributed by atoms with van der Waals surface area (Å²) in [6.45, 7) is 7.97. The zero-order valence-electron chi connectivity index (χ0n) is 16.4. The molecule has 0 saturated heterocycles. The molecule has 3 aromatic rings. The topological polar surface area (TPSA) is 56.0 Å². The number of amides is 1. The summed E-state index contributed by atoms with van der Waals surface area (Å²) in [6, 6.07) is 7.70. The van der Waals surface area contributed by atoms with Gasteiger partial charge in [-0.05, 0) is 70.3 Å². The summed E-state index contributed by atoms with van der Waals surface area (Å²) in [5.41, 5.74) is 4.68. The number of nitrogens with zero attached hydrogens (tertiary/aromatic N) is 5. The number of carbonyl (C=O) groups excluding carboxylic acids is 1. The zero-order valence-corrected chi connectivity index (χ0v) is 19.6. The number of carbonyl (C=O) groups is 1. The molecule has 6 nitrogen and oxygen atoms in total. The summed E-state index contributed by atoms with van der Waals surface area (Å²) >= 11 is 7.07. The number of hydrogen-bond donors (Lipinski definition) is 0. The monoisotopic (exact) mass is 507 g/mol. The van der Waals surface area contributed by atoms with Gasteiger partial charge in [-0.25, -0.2) is 0 Å². The molecule has 0 radical (unpaired) electrons. The summed E-state index contributed by atoms with van der Waals surface area (Å²) in [6.07, 6.45) is 1.93. The molecule has 2 heterocycles. The van der Waals surface area contributed by atoms with Crippen molar-refractivity contribution in [2.24, 2.45) is 0 Å². The van der Waals surface area contributed by atoms with Crippen LogP contribution in [0, 0.1) is 13.8 Å². The van der Waals surface area contributed by atoms with Crippen molar-refractivity contribution < 1.29 is 4.79 Å². The molecule has 1 aromatic carbocycles. The highest BCUT2D eigenvalue weighted by Gasteiger charge is 2.16. The van der Waals surface area contributed by atoms with Gasteiger partial charge in [-0.15, -0.1) is 0 Å². The van der Waals surface area contributed by atoms with Crippen molar-refractivity contribution >= 4 is 37.8 Å². The number of halogens is 2. The quantitative estimate of drug-likeness (QED) is 0.490. The van der Waals surface area contributed by atoms with E-state index in [1.165, 1.54) is 0 Å². The van der Waals surface area contributed by atoms with Crippen LogP contribution < -0.4 is 0 Å². The van der Waals surface area contributed by atoms with Crippen LogP contribution in [0.1, 0.15) is 39.9 Å². The minimum Gasteiger partial charge on any atom is -0.336 e. The molecule has 0 aliphatic rings. The zero-order chi connectivity index (χ0) is 20.4. The highest BCUT2D eigenvalue weighted by Crippen LogP contribution is 2.21. The minimum atomic E-state index is -0.0293. The molecule has 0 bridgehead atoms. The smallest absolute Gasteiger partial charge is 0.253 e. The lowest BCUT2D eigenvalue weighted by atomic mass is 10.1. The highest BCUT2D eigenvalue weighted by molar-refractivity contribution is 9.10. The third kappa shape index (κ3) is 4.38. The molecule has 28 heavy (non-hydrogen) atoms. The van der Waals surface area contributed by atoms with E-state index in [0.29, 0.717) is 18.7 Å². The molecule has 0 aliphatic carbocycles. The van der Waals surface area contributed by atoms with Gasteiger partial charge in [0.2, 0.25) is 0 Å². The normalized spacial score (nSPS) is 11.1. The largest absolute Gasteiger partial charge is 0.336 e. The Labute approximate surface area is 181 Å². The van der Waals surface area contributed by atoms with Gasteiger partial charge in [0, 0.05) is 25.4 Å². The summed E-state index contributed by atoms with van der Waals surface area (Å²) in [7, 11) is 1.79. The van der Waals surface area contributed by atoms with Crippen molar-refractivity contribution in [1.29, 1.82) is 0 Å². The van der Waals surface area contributed by atoms with Gasteiger partial charge in [0.15, 0.2) is 0 Å². The van der Waals surface area contributed by atoms with Crippen LogP contribution in [0.15, 0.2) is 39.4 Å². The maximum absolute atomic E-state index is 12.8. The number of hydrogen-bond acceptors (Lipinski definition) is 3. The molecular weight excluding hydrogens is 486 g/mol. The fourth-order valence-electron chi connectivity index (χ4n) is 2.98. The summed E-state index contributed by atoms with van der Waals surface area (Å²) in [5, 5.41) is 9.02. The van der Waals surface area contributed by atoms with Crippen molar-refractivity contribution in [2.45, 2.75) is 40.4 Å². The molecule has 0 spiro atoms. The van der Waals surface area contributed by atoms with E-state index in [-0.39, 0.29) is 5.91 Å². The maximum atomic E-state index is 12.8. The number of rotatable bonds is 6. The fraction of sp³-hybridized carbons (Fsp3) is 0.350. The maximum Gasteiger partial charge on any atom is 0.253 e. The van der Waals surface area contributed by atoms with Crippen molar-refractivity contribution in [3.8, 4) is 0 Å². The SMILES string of the molecule is CCn1cc(Br)c(CN(C)C(=O)c2ccc(Cn3nc(C)c(Br)c3C)cc2)n1. The van der Waals surface area contributed by atoms with E-state index < -0.39 is 0 Å². The molecule has 0 aliphatic heterocycles. The Kier molecular flexibility index (Phi) is 6.40. The van der Waals surface area contributed by atoms with Gasteiger partial charge in [-0.1, -0.05) is 12.1 Å². The Morgan fingerprint density at radius 3 is 2.36 bits per heavy atom. The predicted octanol–water partition coefficient (Wildman–Crippen LogP) is 4.56. The van der Waals surface area contributed by atoms with Gasteiger partial charge < -0.3 is 4.90 Å². The van der Waals surface area contributed by atoms with Gasteiger partial charge in [0.1, 0.15) is 0 Å². The first kappa shape index (κ1) is 20.8. The standard InChI is InChI=1S/C20H23Br2N5O/c1-5-26-11-17(21)18(24-26)12-25(4)20(28)16-8-6-15(7-9-16)10-27-14(3)19(22)13(2)23-27/h6-9,11H,5,10,12H2,1-4H3. The van der Waals surface area contributed by atoms with E-state index in [1.807, 2.05) is 60.6 Å². The Morgan fingerprint density at radius 2 is 1.82 bits per heavy atom. The predicted molar refractivity (Wildman–Crippen MR) is 116 cm³/mol. The van der Waals surface area contributed by atoms with Crippen LogP contribution in [0.4, 0.5) is 0 Å². The molecule has 0 atom stereocenters. The third-order valence-electron chi connectivity index (χ3n) is 4.67. The molecule has 0 saturated carbocycles. The van der Waals surface area contributed by atoms with E-state index >= 15 is 0 Å². The minimum absolute atomic E-state index is 0.0293. The Morgan fingerprint density at radius 1 is 1.14 bits per heavy atom. The average molecular weight is 509 g/mol. The van der Waals surface area contributed by atoms with Crippen LogP contribution in [0.5, 0.6) is 0 Å². The molecule has 0 N–H and O–H groups in total. The second-order valence-corrected chi connectivity index (χ2v) is 8.43. The van der Waals surface area contributed by atoms with E-state index in [4.69, 9.17) is 0 Å². The highest BCUT2D eigenvalue weighted by atomic mass is 79.9. The molecule has 2 aromatic heterocycles. The molecule has 0 unspecified atom stereocenters. The van der Waals surface area contributed by atoms with E-state index in [9.17, 15) is 4.79 Å². The lowest BCUT2D eigenvalue weighted by Crippen LogP contribution is -2.26. The second kappa shape index (κ2) is 8.61. The van der Waals surface area contributed by atoms with Crippen molar-refractivity contribution in [3.05, 3.63) is 67.6 Å². The van der Waals surface area contributed by atoms with Gasteiger partial charge >= 0.3 is 0 Å². The van der Waals surface area contributed by atoms with Crippen molar-refractivity contribution in [2.75, 3.05) is 7.05 Å². The Hall–Kier alpha value is -1.93. The average Bonchev–Trinajstić information content (AvgIpc) is 3.16. The van der Waals surface area contributed by atoms with Crippen LogP contribution in [-0.4, -0.2) is 37.4 Å². The number of aryl methyl sites for hydroxylation is 2. The molecule has 8 heteroatoms. The van der Waals surface area contributed by atoms with Gasteiger partial charge in [0.25, 0.3) is 5.91 Å². The van der Waals surface area contributed by atoms with Crippen LogP contribution in [-0.2, 0) is 19.6 Å². The molecule has 0 fully saturated rings. The van der Waals surface area contributed by atoms with E-state index in [2.05, 4.69) is 42.1 Å². The van der Waals surface area contributed by atoms with Crippen LogP contribution in [0.25, 0.3) is 0 Å². The molecular formula is C20H23Br2N5O. The lowest BCUT2D eigenvalue weighted by Gasteiger charge is -2.16. The van der Waals surface area contributed by atoms with E-state index in [1.54, 1.807) is 11.9 Å². The first-order valence-corrected chi connectivity index (χ1v) is 10.6. The van der Waals surface area contributed by atoms with Gasteiger partial charge in [-0.3, -0.25) is 14.2 Å². The Balaban J connectivity index is 1.68. The van der Waals surface area contributed by atoms with Crippen LogP contribution in [0.2, 0.25) is 0 Å². The molecule has 1 amide bonds. The van der Waals surface area contributed by atoms with Gasteiger partial charge in [0.05, 0.1) is 39.1 Å². The fourth-order valence-corrected chi connectivity index (χ4v) is 3.70. The molecule has 148 valence electrons. The first-order chi connectivity index (χ1) is 13.3. The lowest BCUT2D eigenvalue weighted by molar-refractivity contribution is 0.0783. The summed E-state index contributed by atoms with van der Waals surface area (Å²) in [4.78, 5) is 14.4. The first-order valence-electron chi connectivity index (χ1n) is 9.05. The second-order valence-electron chi connectivity index (χ2n) is 6.78. The van der Waals surface area contributed by atoms with Gasteiger partial charge in [-0.2, -0.15) is 10.2 Å². The summed E-state index contributed by atoms with van der Waals surface area (Å²) in [5.74, 6) is -0.0293.